The molecule has 0 radical (unpaired) electrons. The molecule has 2 unspecified atom stereocenters. The predicted octanol–water partition coefficient (Wildman–Crippen LogP) is -1.65. The van der Waals surface area contributed by atoms with Gasteiger partial charge in [0, 0.05) is 26.3 Å². The van der Waals surface area contributed by atoms with Gasteiger partial charge < -0.3 is 10.3 Å². The van der Waals surface area contributed by atoms with Gasteiger partial charge >= 0.3 is 5.69 Å². The van der Waals surface area contributed by atoms with Crippen LogP contribution >= 0.6 is 0 Å². The maximum Gasteiger partial charge on any atom is 0.330 e. The Balaban J connectivity index is 3.31. The van der Waals surface area contributed by atoms with Crippen molar-refractivity contribution in [3.05, 3.63) is 27.0 Å². The molecule has 114 valence electrons. The number of nitrogens with two attached hydrogens (primary N) is 1. The lowest BCUT2D eigenvalue weighted by molar-refractivity contribution is 0.452. The van der Waals surface area contributed by atoms with Crippen molar-refractivity contribution in [3.63, 3.8) is 0 Å². The Hall–Kier alpha value is -1.45. The second-order valence-electron chi connectivity index (χ2n) is 4.87. The standard InChI is InChI=1S/C11H20N4O4S/c1-7(5-12)8(2)13-20(18,19)9-6-14(3)11(17)15(4)10(9)16/h6-8,13H,5,12H2,1-4H3. The summed E-state index contributed by atoms with van der Waals surface area (Å²) in [7, 11) is -1.39. The molecule has 0 amide bonds. The van der Waals surface area contributed by atoms with Crippen molar-refractivity contribution in [2.45, 2.75) is 24.8 Å². The lowest BCUT2D eigenvalue weighted by Gasteiger charge is -2.19. The number of nitrogens with zero attached hydrogens (tertiary/aromatic N) is 2. The number of rotatable bonds is 5. The highest BCUT2D eigenvalue weighted by atomic mass is 32.2. The van der Waals surface area contributed by atoms with Crippen LogP contribution in [0.5, 0.6) is 0 Å². The third-order valence-electron chi connectivity index (χ3n) is 3.27. The topological polar surface area (TPSA) is 116 Å². The van der Waals surface area contributed by atoms with E-state index < -0.39 is 32.2 Å². The van der Waals surface area contributed by atoms with Gasteiger partial charge in [-0.1, -0.05) is 6.92 Å². The minimum Gasteiger partial charge on any atom is -0.330 e. The first kappa shape index (κ1) is 16.6. The minimum absolute atomic E-state index is 0.0823. The molecule has 20 heavy (non-hydrogen) atoms. The van der Waals surface area contributed by atoms with Crippen molar-refractivity contribution >= 4 is 10.0 Å². The third kappa shape index (κ3) is 3.17. The molecule has 0 bridgehead atoms. The summed E-state index contributed by atoms with van der Waals surface area (Å²) in [6.45, 7) is 3.78. The fourth-order valence-electron chi connectivity index (χ4n) is 1.59. The van der Waals surface area contributed by atoms with Gasteiger partial charge in [-0.05, 0) is 19.4 Å². The number of sulfonamides is 1. The second-order valence-corrected chi connectivity index (χ2v) is 6.56. The quantitative estimate of drug-likeness (QED) is 0.676. The van der Waals surface area contributed by atoms with Crippen LogP contribution in [-0.2, 0) is 24.1 Å². The van der Waals surface area contributed by atoms with Crippen molar-refractivity contribution in [3.8, 4) is 0 Å². The van der Waals surface area contributed by atoms with Crippen molar-refractivity contribution in [1.82, 2.24) is 13.9 Å². The Morgan fingerprint density at radius 3 is 2.35 bits per heavy atom. The average molecular weight is 304 g/mol. The monoisotopic (exact) mass is 304 g/mol. The van der Waals surface area contributed by atoms with Crippen LogP contribution in [0.3, 0.4) is 0 Å². The zero-order valence-electron chi connectivity index (χ0n) is 12.0. The number of aromatic nitrogens is 2. The molecule has 0 aliphatic heterocycles. The van der Waals surface area contributed by atoms with E-state index in [2.05, 4.69) is 4.72 Å². The van der Waals surface area contributed by atoms with Crippen LogP contribution in [0.4, 0.5) is 0 Å². The Labute approximate surface area is 117 Å². The molecule has 0 aliphatic rings. The number of hydrogen-bond acceptors (Lipinski definition) is 5. The summed E-state index contributed by atoms with van der Waals surface area (Å²) >= 11 is 0. The van der Waals surface area contributed by atoms with Gasteiger partial charge in [-0.3, -0.25) is 9.36 Å². The van der Waals surface area contributed by atoms with Crippen LogP contribution in [0.25, 0.3) is 0 Å². The van der Waals surface area contributed by atoms with Gasteiger partial charge in [0.2, 0.25) is 10.0 Å². The summed E-state index contributed by atoms with van der Waals surface area (Å²) in [6, 6.07) is -0.424. The Bertz CT molecular complexity index is 704. The summed E-state index contributed by atoms with van der Waals surface area (Å²) in [5, 5.41) is 0. The fourth-order valence-corrected chi connectivity index (χ4v) is 3.10. The molecule has 2 atom stereocenters. The smallest absolute Gasteiger partial charge is 0.330 e. The van der Waals surface area contributed by atoms with Crippen molar-refractivity contribution in [1.29, 1.82) is 0 Å². The second kappa shape index (κ2) is 5.90. The highest BCUT2D eigenvalue weighted by molar-refractivity contribution is 7.89. The van der Waals surface area contributed by atoms with E-state index in [0.29, 0.717) is 6.54 Å². The summed E-state index contributed by atoms with van der Waals surface area (Å²) < 4.78 is 28.6. The molecule has 0 fully saturated rings. The normalized spacial score (nSPS) is 15.1. The molecule has 0 saturated carbocycles. The van der Waals surface area contributed by atoms with Gasteiger partial charge in [0.25, 0.3) is 5.56 Å². The van der Waals surface area contributed by atoms with Gasteiger partial charge in [-0.25, -0.2) is 17.9 Å². The molecule has 1 rings (SSSR count). The summed E-state index contributed by atoms with van der Waals surface area (Å²) in [5.74, 6) is -0.0823. The van der Waals surface area contributed by atoms with E-state index in [-0.39, 0.29) is 5.92 Å². The molecule has 1 aromatic rings. The molecule has 3 N–H and O–H groups in total. The summed E-state index contributed by atoms with van der Waals surface area (Å²) in [5.41, 5.74) is 4.04. The molecule has 9 heteroatoms. The highest BCUT2D eigenvalue weighted by Crippen LogP contribution is 2.06. The maximum atomic E-state index is 12.2. The van der Waals surface area contributed by atoms with Gasteiger partial charge in [-0.15, -0.1) is 0 Å². The van der Waals surface area contributed by atoms with Crippen LogP contribution in [-0.4, -0.2) is 30.1 Å². The van der Waals surface area contributed by atoms with Crippen LogP contribution < -0.4 is 21.7 Å². The highest BCUT2D eigenvalue weighted by Gasteiger charge is 2.25. The predicted molar refractivity (Wildman–Crippen MR) is 74.9 cm³/mol. The number of hydrogen-bond donors (Lipinski definition) is 2. The van der Waals surface area contributed by atoms with Crippen LogP contribution in [0.1, 0.15) is 13.8 Å². The molecule has 1 aromatic heterocycles. The SMILES string of the molecule is CC(CN)C(C)NS(=O)(=O)c1cn(C)c(=O)n(C)c1=O. The van der Waals surface area contributed by atoms with Gasteiger partial charge in [0.05, 0.1) is 0 Å². The van der Waals surface area contributed by atoms with E-state index in [0.717, 1.165) is 15.3 Å². The zero-order chi connectivity index (χ0) is 15.7. The zero-order valence-corrected chi connectivity index (χ0v) is 12.8. The molecule has 0 saturated heterocycles. The first-order chi connectivity index (χ1) is 9.11. The summed E-state index contributed by atoms with van der Waals surface area (Å²) in [6.07, 6.45) is 1.02. The van der Waals surface area contributed by atoms with Crippen LogP contribution in [0, 0.1) is 5.92 Å². The summed E-state index contributed by atoms with van der Waals surface area (Å²) in [4.78, 5) is 23.0. The van der Waals surface area contributed by atoms with Gasteiger partial charge in [0.15, 0.2) is 4.90 Å². The Morgan fingerprint density at radius 1 is 1.30 bits per heavy atom. The maximum absolute atomic E-state index is 12.2. The largest absolute Gasteiger partial charge is 0.330 e. The van der Waals surface area contributed by atoms with Gasteiger partial charge in [0.1, 0.15) is 0 Å². The molecule has 8 nitrogen and oxygen atoms in total. The molecule has 0 aliphatic carbocycles. The van der Waals surface area contributed by atoms with Crippen molar-refractivity contribution in [2.24, 2.45) is 25.7 Å². The van der Waals surface area contributed by atoms with E-state index in [4.69, 9.17) is 5.73 Å². The molecular formula is C11H20N4O4S. The van der Waals surface area contributed by atoms with Crippen molar-refractivity contribution in [2.75, 3.05) is 6.54 Å². The third-order valence-corrected chi connectivity index (χ3v) is 4.81. The molecule has 0 spiro atoms. The van der Waals surface area contributed by atoms with E-state index in [9.17, 15) is 18.0 Å². The minimum atomic E-state index is -4.01. The van der Waals surface area contributed by atoms with E-state index >= 15 is 0 Å². The van der Waals surface area contributed by atoms with E-state index in [1.165, 1.54) is 14.1 Å². The Morgan fingerprint density at radius 2 is 1.85 bits per heavy atom. The first-order valence-corrected chi connectivity index (χ1v) is 7.59. The van der Waals surface area contributed by atoms with E-state index in [1.807, 2.05) is 0 Å². The molecular weight excluding hydrogens is 284 g/mol. The number of nitrogens with one attached hydrogen (secondary N) is 1. The lowest BCUT2D eigenvalue weighted by Crippen LogP contribution is -2.45. The Kier molecular flexibility index (Phi) is 4.90. The van der Waals surface area contributed by atoms with Crippen LogP contribution in [0.15, 0.2) is 20.7 Å². The lowest BCUT2D eigenvalue weighted by atomic mass is 10.1. The van der Waals surface area contributed by atoms with Gasteiger partial charge in [-0.2, -0.15) is 0 Å². The average Bonchev–Trinajstić information content (AvgIpc) is 2.38. The molecule has 0 aromatic carbocycles. The molecule has 1 heterocycles. The number of aryl methyl sites for hydroxylation is 1. The van der Waals surface area contributed by atoms with E-state index in [1.54, 1.807) is 13.8 Å². The van der Waals surface area contributed by atoms with Crippen LogP contribution in [0.2, 0.25) is 0 Å². The fraction of sp³-hybridized carbons (Fsp3) is 0.636. The first-order valence-electron chi connectivity index (χ1n) is 6.11. The van der Waals surface area contributed by atoms with Crippen molar-refractivity contribution < 1.29 is 8.42 Å².